The van der Waals surface area contributed by atoms with Crippen LogP contribution >= 0.6 is 0 Å². The normalized spacial score (nSPS) is 11.0. The summed E-state index contributed by atoms with van der Waals surface area (Å²) in [5.41, 5.74) is 5.85. The van der Waals surface area contributed by atoms with Crippen LogP contribution in [0.15, 0.2) is 96.1 Å². The fraction of sp³-hybridized carbons (Fsp3) is 0.121. The number of pyridine rings is 1. The number of ether oxygens (including phenoxy) is 3. The third-order valence-corrected chi connectivity index (χ3v) is 6.61. The van der Waals surface area contributed by atoms with Gasteiger partial charge in [-0.3, -0.25) is 14.9 Å². The molecule has 4 aromatic carbocycles. The topological polar surface area (TPSA) is 125 Å². The Hall–Kier alpha value is -5.84. The van der Waals surface area contributed by atoms with Gasteiger partial charge in [-0.2, -0.15) is 5.10 Å². The summed E-state index contributed by atoms with van der Waals surface area (Å²) in [4.78, 5) is 28.7. The van der Waals surface area contributed by atoms with Crippen LogP contribution in [-0.4, -0.2) is 35.7 Å². The first-order chi connectivity index (χ1) is 21.4. The SMILES string of the molecule is CCOc1ccc(-c2cc(C(=O)NN=Cc3ccc(OC)c(COc4cc(F)ccc4[N+](=O)[O-])c3)c3ccccc3n2)cc1. The van der Waals surface area contributed by atoms with Gasteiger partial charge in [0.15, 0.2) is 5.75 Å². The van der Waals surface area contributed by atoms with Crippen LogP contribution in [0.4, 0.5) is 10.1 Å². The van der Waals surface area contributed by atoms with Crippen LogP contribution in [0.25, 0.3) is 22.2 Å². The highest BCUT2D eigenvalue weighted by molar-refractivity contribution is 6.07. The van der Waals surface area contributed by atoms with Crippen LogP contribution in [0, 0.1) is 15.9 Å². The smallest absolute Gasteiger partial charge is 0.311 e. The summed E-state index contributed by atoms with van der Waals surface area (Å²) < 4.78 is 30.2. The molecule has 0 fully saturated rings. The van der Waals surface area contributed by atoms with Gasteiger partial charge in [0.1, 0.15) is 23.9 Å². The summed E-state index contributed by atoms with van der Waals surface area (Å²) in [5.74, 6) is -0.106. The molecule has 1 amide bonds. The van der Waals surface area contributed by atoms with Crippen molar-refractivity contribution >= 4 is 28.7 Å². The van der Waals surface area contributed by atoms with Crippen molar-refractivity contribution < 1.29 is 28.3 Å². The summed E-state index contributed by atoms with van der Waals surface area (Å²) in [7, 11) is 1.47. The molecule has 11 heteroatoms. The zero-order valence-electron chi connectivity index (χ0n) is 23.8. The molecule has 1 heterocycles. The second-order valence-electron chi connectivity index (χ2n) is 9.46. The summed E-state index contributed by atoms with van der Waals surface area (Å²) in [6.07, 6.45) is 1.45. The Balaban J connectivity index is 1.35. The number of nitrogens with zero attached hydrogens (tertiary/aromatic N) is 3. The molecule has 0 aliphatic heterocycles. The molecular formula is C33H27FN4O6. The standard InChI is InChI=1S/C33H27FN4O6/c1-3-43-25-12-9-22(10-13-25)29-18-27(26-6-4-5-7-28(26)36-29)33(39)37-35-19-21-8-15-31(42-2)23(16-21)20-44-32-17-24(34)11-14-30(32)38(40)41/h4-19H,3,20H2,1-2H3,(H,37,39). The molecule has 1 N–H and O–H groups in total. The van der Waals surface area contributed by atoms with Crippen LogP contribution in [0.2, 0.25) is 0 Å². The van der Waals surface area contributed by atoms with Crippen molar-refractivity contribution in [1.82, 2.24) is 10.4 Å². The van der Waals surface area contributed by atoms with Gasteiger partial charge in [0.2, 0.25) is 0 Å². The minimum absolute atomic E-state index is 0.140. The van der Waals surface area contributed by atoms with Crippen LogP contribution in [-0.2, 0) is 6.61 Å². The van der Waals surface area contributed by atoms with Gasteiger partial charge in [0, 0.05) is 28.6 Å². The quantitative estimate of drug-likeness (QED) is 0.102. The van der Waals surface area contributed by atoms with E-state index in [1.165, 1.54) is 13.3 Å². The number of nitrogens with one attached hydrogen (secondary N) is 1. The zero-order chi connectivity index (χ0) is 31.1. The lowest BCUT2D eigenvalue weighted by atomic mass is 10.0. The van der Waals surface area contributed by atoms with Gasteiger partial charge >= 0.3 is 5.69 Å². The van der Waals surface area contributed by atoms with Gasteiger partial charge in [0.05, 0.1) is 41.6 Å². The van der Waals surface area contributed by atoms with Crippen molar-refractivity contribution in [2.45, 2.75) is 13.5 Å². The first-order valence-corrected chi connectivity index (χ1v) is 13.6. The number of rotatable bonds is 11. The zero-order valence-corrected chi connectivity index (χ0v) is 23.8. The monoisotopic (exact) mass is 594 g/mol. The van der Waals surface area contributed by atoms with Gasteiger partial charge in [-0.05, 0) is 73.2 Å². The molecule has 0 unspecified atom stereocenters. The number of hydrogen-bond acceptors (Lipinski definition) is 8. The molecule has 0 atom stereocenters. The van der Waals surface area contributed by atoms with E-state index in [1.54, 1.807) is 24.3 Å². The predicted octanol–water partition coefficient (Wildman–Crippen LogP) is 6.70. The van der Waals surface area contributed by atoms with Crippen molar-refractivity contribution in [3.63, 3.8) is 0 Å². The van der Waals surface area contributed by atoms with E-state index in [4.69, 9.17) is 19.2 Å². The molecule has 1 aromatic heterocycles. The number of para-hydroxylation sites is 1. The van der Waals surface area contributed by atoms with Crippen molar-refractivity contribution in [1.29, 1.82) is 0 Å². The first kappa shape index (κ1) is 29.6. The summed E-state index contributed by atoms with van der Waals surface area (Å²) >= 11 is 0. The number of hydrazone groups is 1. The van der Waals surface area contributed by atoms with E-state index < -0.39 is 16.6 Å². The Morgan fingerprint density at radius 2 is 1.80 bits per heavy atom. The average molecular weight is 595 g/mol. The van der Waals surface area contributed by atoms with Crippen LogP contribution in [0.1, 0.15) is 28.4 Å². The van der Waals surface area contributed by atoms with Crippen LogP contribution in [0.3, 0.4) is 0 Å². The van der Waals surface area contributed by atoms with Crippen molar-refractivity contribution in [3.05, 3.63) is 124 Å². The Bertz CT molecular complexity index is 1860. The second-order valence-corrected chi connectivity index (χ2v) is 9.46. The number of aromatic nitrogens is 1. The molecule has 5 rings (SSSR count). The highest BCUT2D eigenvalue weighted by Gasteiger charge is 2.17. The minimum atomic E-state index is -0.664. The van der Waals surface area contributed by atoms with E-state index in [9.17, 15) is 19.3 Å². The van der Waals surface area contributed by atoms with Gasteiger partial charge in [-0.1, -0.05) is 18.2 Å². The maximum atomic E-state index is 13.7. The maximum absolute atomic E-state index is 13.7. The third-order valence-electron chi connectivity index (χ3n) is 6.61. The van der Waals surface area contributed by atoms with Crippen molar-refractivity contribution in [2.75, 3.05) is 13.7 Å². The molecular weight excluding hydrogens is 567 g/mol. The van der Waals surface area contributed by atoms with E-state index in [0.717, 1.165) is 29.5 Å². The van der Waals surface area contributed by atoms with Crippen LogP contribution in [0.5, 0.6) is 17.2 Å². The average Bonchev–Trinajstić information content (AvgIpc) is 3.03. The Labute approximate surface area is 251 Å². The molecule has 44 heavy (non-hydrogen) atoms. The molecule has 222 valence electrons. The van der Waals surface area contributed by atoms with E-state index >= 15 is 0 Å². The first-order valence-electron chi connectivity index (χ1n) is 13.6. The molecule has 0 saturated heterocycles. The maximum Gasteiger partial charge on any atom is 0.311 e. The van der Waals surface area contributed by atoms with Gasteiger partial charge < -0.3 is 14.2 Å². The number of benzene rings is 4. The lowest BCUT2D eigenvalue weighted by Crippen LogP contribution is -2.18. The van der Waals surface area contributed by atoms with Gasteiger partial charge in [-0.15, -0.1) is 0 Å². The van der Waals surface area contributed by atoms with Gasteiger partial charge in [0.25, 0.3) is 5.91 Å². The molecule has 0 spiro atoms. The lowest BCUT2D eigenvalue weighted by molar-refractivity contribution is -0.386. The minimum Gasteiger partial charge on any atom is -0.496 e. The number of carbonyl (C=O) groups excluding carboxylic acids is 1. The predicted molar refractivity (Wildman–Crippen MR) is 164 cm³/mol. The summed E-state index contributed by atoms with van der Waals surface area (Å²) in [6, 6.07) is 24.6. The van der Waals surface area contributed by atoms with Crippen molar-refractivity contribution in [3.8, 4) is 28.5 Å². The molecule has 5 aromatic rings. The number of amides is 1. The third kappa shape index (κ3) is 6.79. The van der Waals surface area contributed by atoms with Crippen LogP contribution < -0.4 is 19.6 Å². The number of methoxy groups -OCH3 is 1. The lowest BCUT2D eigenvalue weighted by Gasteiger charge is -2.11. The Kier molecular flexibility index (Phi) is 9.05. The highest BCUT2D eigenvalue weighted by atomic mass is 19.1. The number of hydrogen-bond donors (Lipinski definition) is 1. The van der Waals surface area contributed by atoms with Crippen molar-refractivity contribution in [2.24, 2.45) is 5.10 Å². The number of carbonyl (C=O) groups is 1. The molecule has 0 aliphatic rings. The summed E-state index contributed by atoms with van der Waals surface area (Å²) in [5, 5.41) is 16.1. The van der Waals surface area contributed by atoms with E-state index in [1.807, 2.05) is 55.5 Å². The van der Waals surface area contributed by atoms with E-state index in [0.29, 0.717) is 45.6 Å². The molecule has 0 saturated carbocycles. The van der Waals surface area contributed by atoms with E-state index in [2.05, 4.69) is 10.5 Å². The molecule has 0 radical (unpaired) electrons. The number of nitro benzene ring substituents is 1. The fourth-order valence-electron chi connectivity index (χ4n) is 4.53. The molecule has 10 nitrogen and oxygen atoms in total. The Morgan fingerprint density at radius 3 is 2.55 bits per heavy atom. The second kappa shape index (κ2) is 13.4. The summed E-state index contributed by atoms with van der Waals surface area (Å²) in [6.45, 7) is 2.34. The van der Waals surface area contributed by atoms with Gasteiger partial charge in [-0.25, -0.2) is 14.8 Å². The number of halogens is 1. The number of nitro groups is 1. The largest absolute Gasteiger partial charge is 0.496 e. The number of fused-ring (bicyclic) bond motifs is 1. The Morgan fingerprint density at radius 1 is 1.00 bits per heavy atom. The molecule has 0 aliphatic carbocycles. The highest BCUT2D eigenvalue weighted by Crippen LogP contribution is 2.30. The van der Waals surface area contributed by atoms with E-state index in [-0.39, 0.29) is 18.0 Å². The fourth-order valence-corrected chi connectivity index (χ4v) is 4.53. The molecule has 0 bridgehead atoms.